The van der Waals surface area contributed by atoms with Crippen molar-refractivity contribution in [1.82, 2.24) is 9.55 Å². The molecule has 0 aromatic carbocycles. The maximum Gasteiger partial charge on any atom is 0.351 e. The lowest BCUT2D eigenvalue weighted by Gasteiger charge is -2.18. The van der Waals surface area contributed by atoms with Crippen molar-refractivity contribution in [2.75, 3.05) is 12.3 Å². The van der Waals surface area contributed by atoms with Crippen molar-refractivity contribution < 1.29 is 14.9 Å². The van der Waals surface area contributed by atoms with Crippen LogP contribution >= 0.6 is 0 Å². The van der Waals surface area contributed by atoms with Gasteiger partial charge in [0.2, 0.25) is 0 Å². The molecule has 100 valence electrons. The average Bonchev–Trinajstić information content (AvgIpc) is 2.71. The van der Waals surface area contributed by atoms with Crippen LogP contribution in [-0.4, -0.2) is 38.6 Å². The van der Waals surface area contributed by atoms with E-state index < -0.39 is 24.1 Å². The summed E-state index contributed by atoms with van der Waals surface area (Å²) in [6.45, 7) is 1.70. The third kappa shape index (κ3) is 2.24. The molecule has 3 atom stereocenters. The van der Waals surface area contributed by atoms with Crippen molar-refractivity contribution in [1.29, 1.82) is 0 Å². The molecule has 1 aliphatic rings. The first-order chi connectivity index (χ1) is 8.56. The van der Waals surface area contributed by atoms with E-state index in [1.807, 2.05) is 6.92 Å². The number of aromatic nitrogens is 2. The molecule has 2 rings (SSSR count). The van der Waals surface area contributed by atoms with Gasteiger partial charge in [-0.15, -0.1) is 0 Å². The van der Waals surface area contributed by atoms with Crippen molar-refractivity contribution in [3.8, 4) is 0 Å². The summed E-state index contributed by atoms with van der Waals surface area (Å²) in [5.41, 5.74) is 5.78. The van der Waals surface area contributed by atoms with E-state index in [1.165, 1.54) is 4.57 Å². The van der Waals surface area contributed by atoms with Crippen LogP contribution in [0.15, 0.2) is 11.0 Å². The van der Waals surface area contributed by atoms with Crippen LogP contribution in [0.2, 0.25) is 0 Å². The first kappa shape index (κ1) is 13.0. The predicted octanol–water partition coefficient (Wildman–Crippen LogP) is -0.971. The van der Waals surface area contributed by atoms with E-state index in [1.54, 1.807) is 6.20 Å². The van der Waals surface area contributed by atoms with Gasteiger partial charge in [0.25, 0.3) is 0 Å². The van der Waals surface area contributed by atoms with E-state index >= 15 is 0 Å². The molecule has 0 spiro atoms. The highest BCUT2D eigenvalue weighted by Gasteiger charge is 2.35. The Hall–Kier alpha value is -1.44. The summed E-state index contributed by atoms with van der Waals surface area (Å²) in [6, 6.07) is 0. The van der Waals surface area contributed by atoms with E-state index in [-0.39, 0.29) is 12.4 Å². The molecule has 1 aliphatic heterocycles. The van der Waals surface area contributed by atoms with Crippen LogP contribution in [0.3, 0.4) is 0 Å². The van der Waals surface area contributed by atoms with E-state index in [9.17, 15) is 9.90 Å². The standard InChI is InChI=1S/C11H17N3O4/c1-2-6-4-14(11(17)13-9(6)12)10-8(16)3-7(5-15)18-10/h4,7-8,10,15-16H,2-3,5H2,1H3,(H2,12,13,17)/t7-,8+,10+/m0/s1. The van der Waals surface area contributed by atoms with Crippen LogP contribution in [0.1, 0.15) is 25.1 Å². The first-order valence-corrected chi connectivity index (χ1v) is 5.88. The zero-order chi connectivity index (χ0) is 13.3. The molecule has 1 aromatic heterocycles. The van der Waals surface area contributed by atoms with Gasteiger partial charge in [0.15, 0.2) is 6.23 Å². The Morgan fingerprint density at radius 3 is 2.94 bits per heavy atom. The largest absolute Gasteiger partial charge is 0.394 e. The number of rotatable bonds is 3. The monoisotopic (exact) mass is 255 g/mol. The zero-order valence-electron chi connectivity index (χ0n) is 10.1. The molecule has 0 bridgehead atoms. The minimum absolute atomic E-state index is 0.189. The van der Waals surface area contributed by atoms with Crippen LogP contribution < -0.4 is 11.4 Å². The summed E-state index contributed by atoms with van der Waals surface area (Å²) in [5, 5.41) is 18.8. The number of aliphatic hydroxyl groups is 2. The van der Waals surface area contributed by atoms with Gasteiger partial charge in [0.05, 0.1) is 12.7 Å². The molecule has 0 aliphatic carbocycles. The highest BCUT2D eigenvalue weighted by Crippen LogP contribution is 2.27. The number of anilines is 1. The molecule has 1 fully saturated rings. The molecule has 0 radical (unpaired) electrons. The molecular formula is C11H17N3O4. The highest BCUT2D eigenvalue weighted by molar-refractivity contribution is 5.36. The van der Waals surface area contributed by atoms with Crippen molar-refractivity contribution in [3.63, 3.8) is 0 Å². The summed E-state index contributed by atoms with van der Waals surface area (Å²) < 4.78 is 6.64. The fraction of sp³-hybridized carbons (Fsp3) is 0.636. The van der Waals surface area contributed by atoms with Crippen LogP contribution in [0.25, 0.3) is 0 Å². The van der Waals surface area contributed by atoms with Crippen LogP contribution in [0.5, 0.6) is 0 Å². The number of aliphatic hydroxyl groups excluding tert-OH is 2. The average molecular weight is 255 g/mol. The summed E-state index contributed by atoms with van der Waals surface area (Å²) in [7, 11) is 0. The maximum atomic E-state index is 11.8. The lowest BCUT2D eigenvalue weighted by molar-refractivity contribution is -0.0530. The SMILES string of the molecule is CCc1cn([C@@H]2O[C@H](CO)C[C@H]2O)c(=O)nc1N. The minimum Gasteiger partial charge on any atom is -0.394 e. The molecular weight excluding hydrogens is 238 g/mol. The van der Waals surface area contributed by atoms with Crippen molar-refractivity contribution in [3.05, 3.63) is 22.2 Å². The van der Waals surface area contributed by atoms with Crippen LogP contribution in [-0.2, 0) is 11.2 Å². The maximum absolute atomic E-state index is 11.8. The normalized spacial score (nSPS) is 27.6. The van der Waals surface area contributed by atoms with E-state index in [4.69, 9.17) is 15.6 Å². The molecule has 4 N–H and O–H groups in total. The van der Waals surface area contributed by atoms with E-state index in [0.717, 1.165) is 5.56 Å². The fourth-order valence-corrected chi connectivity index (χ4v) is 2.07. The zero-order valence-corrected chi connectivity index (χ0v) is 10.1. The number of nitrogens with two attached hydrogens (primary N) is 1. The van der Waals surface area contributed by atoms with Crippen LogP contribution in [0.4, 0.5) is 5.82 Å². The lowest BCUT2D eigenvalue weighted by Crippen LogP contribution is -2.32. The first-order valence-electron chi connectivity index (χ1n) is 5.88. The summed E-state index contributed by atoms with van der Waals surface area (Å²) in [6.07, 6.45) is 0.367. The molecule has 7 heteroatoms. The molecule has 2 heterocycles. The van der Waals surface area contributed by atoms with Gasteiger partial charge >= 0.3 is 5.69 Å². The van der Waals surface area contributed by atoms with Crippen LogP contribution in [0, 0.1) is 0 Å². The second-order valence-electron chi connectivity index (χ2n) is 4.33. The lowest BCUT2D eigenvalue weighted by atomic mass is 10.2. The van der Waals surface area contributed by atoms with Gasteiger partial charge in [0.1, 0.15) is 11.9 Å². The Morgan fingerprint density at radius 2 is 2.39 bits per heavy atom. The third-order valence-corrected chi connectivity index (χ3v) is 3.09. The minimum atomic E-state index is -0.838. The predicted molar refractivity (Wildman–Crippen MR) is 63.9 cm³/mol. The number of hydrogen-bond donors (Lipinski definition) is 3. The number of aryl methyl sites for hydroxylation is 1. The van der Waals surface area contributed by atoms with Gasteiger partial charge in [-0.2, -0.15) is 4.98 Å². The van der Waals surface area contributed by atoms with Crippen molar-refractivity contribution in [2.45, 2.75) is 38.2 Å². The molecule has 0 unspecified atom stereocenters. The Labute approximate surface area is 104 Å². The second kappa shape index (κ2) is 5.05. The number of ether oxygens (including phenoxy) is 1. The third-order valence-electron chi connectivity index (χ3n) is 3.09. The topological polar surface area (TPSA) is 111 Å². The van der Waals surface area contributed by atoms with Gasteiger partial charge in [-0.1, -0.05) is 6.92 Å². The van der Waals surface area contributed by atoms with Gasteiger partial charge in [-0.25, -0.2) is 4.79 Å². The van der Waals surface area contributed by atoms with Gasteiger partial charge in [-0.05, 0) is 6.42 Å². The molecule has 7 nitrogen and oxygen atoms in total. The van der Waals surface area contributed by atoms with Crippen molar-refractivity contribution >= 4 is 5.82 Å². The number of hydrogen-bond acceptors (Lipinski definition) is 6. The highest BCUT2D eigenvalue weighted by atomic mass is 16.5. The van der Waals surface area contributed by atoms with Gasteiger partial charge in [0, 0.05) is 18.2 Å². The smallest absolute Gasteiger partial charge is 0.351 e. The Kier molecular flexibility index (Phi) is 3.65. The summed E-state index contributed by atoms with van der Waals surface area (Å²) in [5.74, 6) is 0.199. The molecule has 1 saturated heterocycles. The Balaban J connectivity index is 2.36. The summed E-state index contributed by atoms with van der Waals surface area (Å²) >= 11 is 0. The van der Waals surface area contributed by atoms with Gasteiger partial charge < -0.3 is 20.7 Å². The molecule has 18 heavy (non-hydrogen) atoms. The quantitative estimate of drug-likeness (QED) is 0.641. The fourth-order valence-electron chi connectivity index (χ4n) is 2.07. The van der Waals surface area contributed by atoms with E-state index in [0.29, 0.717) is 12.8 Å². The Morgan fingerprint density at radius 1 is 1.67 bits per heavy atom. The second-order valence-corrected chi connectivity index (χ2v) is 4.33. The number of nitrogens with zero attached hydrogens (tertiary/aromatic N) is 2. The molecule has 1 aromatic rings. The Bertz CT molecular complexity index is 488. The van der Waals surface area contributed by atoms with Gasteiger partial charge in [-0.3, -0.25) is 4.57 Å². The van der Waals surface area contributed by atoms with E-state index in [2.05, 4.69) is 4.98 Å². The van der Waals surface area contributed by atoms with Crippen molar-refractivity contribution in [2.24, 2.45) is 0 Å². The summed E-state index contributed by atoms with van der Waals surface area (Å²) in [4.78, 5) is 15.5. The molecule has 0 saturated carbocycles. The molecule has 0 amide bonds. The number of nitrogen functional groups attached to an aromatic ring is 1.